The van der Waals surface area contributed by atoms with Gasteiger partial charge in [0, 0.05) is 35.8 Å². The van der Waals surface area contributed by atoms with Crippen LogP contribution in [0.2, 0.25) is 0 Å². The van der Waals surface area contributed by atoms with Crippen LogP contribution in [-0.2, 0) is 6.54 Å². The summed E-state index contributed by atoms with van der Waals surface area (Å²) in [5.74, 6) is 1.18. The summed E-state index contributed by atoms with van der Waals surface area (Å²) < 4.78 is 0. The van der Waals surface area contributed by atoms with Crippen molar-refractivity contribution < 1.29 is 5.71 Å². The largest absolute Gasteiger partial charge is 0.326 e. The highest BCUT2D eigenvalue weighted by molar-refractivity contribution is 5.64. The molecule has 0 fully saturated rings. The maximum absolute atomic E-state index is 5.71. The molecule has 0 amide bonds. The van der Waals surface area contributed by atoms with Crippen LogP contribution in [0.3, 0.4) is 0 Å². The van der Waals surface area contributed by atoms with Gasteiger partial charge in [-0.15, -0.1) is 0 Å². The van der Waals surface area contributed by atoms with Crippen molar-refractivity contribution in [2.24, 2.45) is 5.73 Å². The number of hydrogen-bond acceptors (Lipinski definition) is 6. The van der Waals surface area contributed by atoms with Crippen molar-refractivity contribution >= 4 is 0 Å². The average molecular weight is 351 g/mol. The average Bonchev–Trinajstić information content (AvgIpc) is 3.19. The van der Waals surface area contributed by atoms with Gasteiger partial charge in [0.15, 0.2) is 11.6 Å². The molecule has 0 aliphatic heterocycles. The van der Waals surface area contributed by atoms with E-state index in [0.717, 1.165) is 28.1 Å². The molecule has 4 aromatic rings. The van der Waals surface area contributed by atoms with Crippen molar-refractivity contribution in [2.75, 3.05) is 0 Å². The van der Waals surface area contributed by atoms with E-state index in [-0.39, 0.29) is 5.71 Å². The normalized spacial score (nSPS) is 10.8. The number of aryl methyl sites for hydroxylation is 1. The molecule has 0 spiro atoms. The Morgan fingerprint density at radius 3 is 2.77 bits per heavy atom. The minimum Gasteiger partial charge on any atom is -0.326 e. The minimum atomic E-state index is 0. The summed E-state index contributed by atoms with van der Waals surface area (Å²) in [7, 11) is 0. The van der Waals surface area contributed by atoms with Gasteiger partial charge in [-0.2, -0.15) is 5.10 Å². The quantitative estimate of drug-likeness (QED) is 0.580. The Kier molecular flexibility index (Phi) is 4.20. The summed E-state index contributed by atoms with van der Waals surface area (Å²) in [5.41, 5.74) is 10.7. The molecule has 26 heavy (non-hydrogen) atoms. The highest BCUT2D eigenvalue weighted by Crippen LogP contribution is 2.24. The molecule has 136 valence electrons. The van der Waals surface area contributed by atoms with Gasteiger partial charge in [-0.3, -0.25) is 15.1 Å². The van der Waals surface area contributed by atoms with Gasteiger partial charge in [0.05, 0.1) is 17.6 Å². The molecule has 7 nitrogen and oxygen atoms in total. The van der Waals surface area contributed by atoms with E-state index in [1.54, 1.807) is 18.6 Å². The Bertz CT molecular complexity index is 1060. The Morgan fingerprint density at radius 2 is 1.96 bits per heavy atom. The molecule has 0 aliphatic carbocycles. The summed E-state index contributed by atoms with van der Waals surface area (Å²) in [5, 5.41) is 7.29. The van der Waals surface area contributed by atoms with E-state index in [2.05, 4.69) is 25.1 Å². The van der Waals surface area contributed by atoms with Crippen LogP contribution in [-0.4, -0.2) is 30.1 Å². The first kappa shape index (κ1) is 16.0. The van der Waals surface area contributed by atoms with Gasteiger partial charge in [0.1, 0.15) is 5.69 Å². The Labute approximate surface area is 156 Å². The number of pyridine rings is 1. The van der Waals surface area contributed by atoms with Gasteiger partial charge in [0.2, 0.25) is 0 Å². The first-order valence-electron chi connectivity index (χ1n) is 8.21. The molecule has 4 rings (SSSR count). The lowest BCUT2D eigenvalue weighted by molar-refractivity contribution is 1.06. The molecular formula is C19H25N7. The number of nitrogens with zero attached hydrogens (tertiary/aromatic N) is 5. The molecule has 3 N–H and O–H groups in total. The number of rotatable bonds is 4. The maximum Gasteiger partial charge on any atom is 0.181 e. The highest BCUT2D eigenvalue weighted by atomic mass is 15.2. The van der Waals surface area contributed by atoms with E-state index in [9.17, 15) is 0 Å². The SMILES string of the molecule is Cc1ncc(-c2cccnc2)nc1-c1nc(-c2cccc(CN)c2)n[nH]1.[HH].[HH].[HH].[HH]. The van der Waals surface area contributed by atoms with Crippen LogP contribution in [0.5, 0.6) is 0 Å². The summed E-state index contributed by atoms with van der Waals surface area (Å²) in [6, 6.07) is 11.7. The van der Waals surface area contributed by atoms with Crippen molar-refractivity contribution in [3.05, 3.63) is 66.2 Å². The van der Waals surface area contributed by atoms with E-state index in [1.807, 2.05) is 43.3 Å². The first-order chi connectivity index (χ1) is 12.7. The summed E-state index contributed by atoms with van der Waals surface area (Å²) in [4.78, 5) is 17.9. The van der Waals surface area contributed by atoms with Crippen LogP contribution in [0.4, 0.5) is 0 Å². The zero-order valence-electron chi connectivity index (χ0n) is 14.2. The molecule has 7 heteroatoms. The number of aromatic nitrogens is 6. The Morgan fingerprint density at radius 1 is 1.08 bits per heavy atom. The van der Waals surface area contributed by atoms with Gasteiger partial charge in [-0.05, 0) is 30.7 Å². The fourth-order valence-electron chi connectivity index (χ4n) is 2.66. The second kappa shape index (κ2) is 6.81. The van der Waals surface area contributed by atoms with Crippen LogP contribution in [0.1, 0.15) is 17.0 Å². The maximum atomic E-state index is 5.71. The third-order valence-corrected chi connectivity index (χ3v) is 4.04. The second-order valence-electron chi connectivity index (χ2n) is 5.84. The monoisotopic (exact) mass is 351 g/mol. The predicted octanol–water partition coefficient (Wildman–Crippen LogP) is 3.74. The van der Waals surface area contributed by atoms with E-state index in [0.29, 0.717) is 23.9 Å². The number of nitrogens with two attached hydrogens (primary N) is 1. The lowest BCUT2D eigenvalue weighted by Gasteiger charge is -2.04. The molecule has 0 saturated carbocycles. The van der Waals surface area contributed by atoms with Crippen LogP contribution in [0.25, 0.3) is 34.2 Å². The lowest BCUT2D eigenvalue weighted by Crippen LogP contribution is -1.97. The van der Waals surface area contributed by atoms with E-state index >= 15 is 0 Å². The van der Waals surface area contributed by atoms with Crippen LogP contribution in [0.15, 0.2) is 55.0 Å². The topological polar surface area (TPSA) is 106 Å². The standard InChI is InChI=1S/C19H17N7.4H2/c1-12-17(23-16(11-22-12)15-6-3-7-21-10-15)19-24-18(25-26-19)14-5-2-4-13(8-14)9-20;;;;/h2-8,10-11H,9,20H2,1H3,(H,24,25,26);4*1H. The Hall–Kier alpha value is -3.45. The Balaban J connectivity index is 0.00000210. The van der Waals surface area contributed by atoms with Crippen molar-refractivity contribution in [1.82, 2.24) is 30.1 Å². The molecule has 0 aliphatic rings. The van der Waals surface area contributed by atoms with Crippen LogP contribution in [0, 0.1) is 6.92 Å². The fourth-order valence-corrected chi connectivity index (χ4v) is 2.66. The highest BCUT2D eigenvalue weighted by Gasteiger charge is 2.14. The van der Waals surface area contributed by atoms with Crippen LogP contribution < -0.4 is 5.73 Å². The molecule has 0 radical (unpaired) electrons. The smallest absolute Gasteiger partial charge is 0.181 e. The molecule has 1 aromatic carbocycles. The predicted molar refractivity (Wildman–Crippen MR) is 107 cm³/mol. The van der Waals surface area contributed by atoms with E-state index in [1.165, 1.54) is 0 Å². The molecule has 0 saturated heterocycles. The van der Waals surface area contributed by atoms with Crippen LogP contribution >= 0.6 is 0 Å². The zero-order valence-corrected chi connectivity index (χ0v) is 14.2. The molecule has 0 unspecified atom stereocenters. The third-order valence-electron chi connectivity index (χ3n) is 4.04. The number of nitrogens with one attached hydrogen (secondary N) is 1. The van der Waals surface area contributed by atoms with Crippen molar-refractivity contribution in [3.63, 3.8) is 0 Å². The minimum absolute atomic E-state index is 0. The summed E-state index contributed by atoms with van der Waals surface area (Å²) >= 11 is 0. The third kappa shape index (κ3) is 3.07. The van der Waals surface area contributed by atoms with E-state index in [4.69, 9.17) is 10.7 Å². The molecule has 0 bridgehead atoms. The number of H-pyrrole nitrogens is 1. The first-order valence-corrected chi connectivity index (χ1v) is 8.21. The second-order valence-corrected chi connectivity index (χ2v) is 5.84. The van der Waals surface area contributed by atoms with Crippen molar-refractivity contribution in [1.29, 1.82) is 0 Å². The van der Waals surface area contributed by atoms with Gasteiger partial charge in [-0.1, -0.05) is 18.2 Å². The molecule has 3 heterocycles. The molecule has 3 aromatic heterocycles. The number of benzene rings is 1. The van der Waals surface area contributed by atoms with E-state index < -0.39 is 0 Å². The number of aromatic amines is 1. The van der Waals surface area contributed by atoms with Gasteiger partial charge >= 0.3 is 0 Å². The van der Waals surface area contributed by atoms with Crippen molar-refractivity contribution in [2.45, 2.75) is 13.5 Å². The van der Waals surface area contributed by atoms with Gasteiger partial charge < -0.3 is 5.73 Å². The molecular weight excluding hydrogens is 326 g/mol. The summed E-state index contributed by atoms with van der Waals surface area (Å²) in [6.45, 7) is 2.37. The fraction of sp³-hybridized carbons (Fsp3) is 0.105. The zero-order chi connectivity index (χ0) is 17.9. The molecule has 0 atom stereocenters. The number of hydrogen-bond donors (Lipinski definition) is 2. The van der Waals surface area contributed by atoms with Crippen molar-refractivity contribution in [3.8, 4) is 34.2 Å². The summed E-state index contributed by atoms with van der Waals surface area (Å²) in [6.07, 6.45) is 5.22. The lowest BCUT2D eigenvalue weighted by atomic mass is 10.1. The van der Waals surface area contributed by atoms with Gasteiger partial charge in [-0.25, -0.2) is 9.97 Å². The van der Waals surface area contributed by atoms with Gasteiger partial charge in [0.25, 0.3) is 0 Å².